The first-order chi connectivity index (χ1) is 13.7. The highest BCUT2D eigenvalue weighted by atomic mass is 19.1. The Kier molecular flexibility index (Phi) is 5.93. The van der Waals surface area contributed by atoms with E-state index in [0.717, 1.165) is 43.6 Å². The van der Waals surface area contributed by atoms with Crippen molar-refractivity contribution >= 4 is 17.5 Å². The number of benzene rings is 1. The lowest BCUT2D eigenvalue weighted by Crippen LogP contribution is -2.47. The number of rotatable bonds is 4. The van der Waals surface area contributed by atoms with Gasteiger partial charge in [0.25, 0.3) is 0 Å². The Bertz CT molecular complexity index is 780. The van der Waals surface area contributed by atoms with Crippen LogP contribution >= 0.6 is 0 Å². The van der Waals surface area contributed by atoms with Crippen LogP contribution in [0.5, 0.6) is 0 Å². The highest BCUT2D eigenvalue weighted by molar-refractivity contribution is 5.51. The molecule has 0 bridgehead atoms. The molecule has 0 atom stereocenters. The van der Waals surface area contributed by atoms with E-state index in [-0.39, 0.29) is 5.82 Å². The average molecular weight is 384 g/mol. The Morgan fingerprint density at radius 1 is 0.929 bits per heavy atom. The SMILES string of the molecule is Cc1cc(N2CCN(c3ccccc3F)CC2)nc(NC2CCCCCC2)n1. The summed E-state index contributed by atoms with van der Waals surface area (Å²) in [5, 5.41) is 3.57. The molecule has 4 rings (SSSR count). The minimum atomic E-state index is -0.149. The summed E-state index contributed by atoms with van der Waals surface area (Å²) >= 11 is 0. The first-order valence-electron chi connectivity index (χ1n) is 10.6. The third kappa shape index (κ3) is 4.54. The lowest BCUT2D eigenvalue weighted by molar-refractivity contribution is 0.595. The van der Waals surface area contributed by atoms with E-state index in [4.69, 9.17) is 4.98 Å². The average Bonchev–Trinajstić information content (AvgIpc) is 2.97. The molecule has 0 spiro atoms. The van der Waals surface area contributed by atoms with Gasteiger partial charge in [0.05, 0.1) is 5.69 Å². The third-order valence-electron chi connectivity index (χ3n) is 5.83. The molecule has 2 aliphatic rings. The summed E-state index contributed by atoms with van der Waals surface area (Å²) < 4.78 is 14.1. The molecular formula is C22H30FN5. The molecule has 2 aromatic rings. The fourth-order valence-electron chi connectivity index (χ4n) is 4.27. The molecule has 1 aromatic carbocycles. The number of anilines is 3. The van der Waals surface area contributed by atoms with Crippen molar-refractivity contribution in [3.63, 3.8) is 0 Å². The van der Waals surface area contributed by atoms with Crippen molar-refractivity contribution < 1.29 is 4.39 Å². The van der Waals surface area contributed by atoms with Crippen molar-refractivity contribution in [3.05, 3.63) is 41.8 Å². The molecule has 5 nitrogen and oxygen atoms in total. The fraction of sp³-hybridized carbons (Fsp3) is 0.545. The molecule has 1 aliphatic carbocycles. The zero-order chi connectivity index (χ0) is 19.3. The fourth-order valence-corrected chi connectivity index (χ4v) is 4.27. The zero-order valence-corrected chi connectivity index (χ0v) is 16.7. The summed E-state index contributed by atoms with van der Waals surface area (Å²) in [4.78, 5) is 13.8. The van der Waals surface area contributed by atoms with Crippen molar-refractivity contribution in [1.82, 2.24) is 9.97 Å². The van der Waals surface area contributed by atoms with Crippen molar-refractivity contribution in [2.45, 2.75) is 51.5 Å². The number of halogens is 1. The molecule has 2 heterocycles. The number of aromatic nitrogens is 2. The van der Waals surface area contributed by atoms with Crippen molar-refractivity contribution in [2.75, 3.05) is 41.3 Å². The smallest absolute Gasteiger partial charge is 0.225 e. The van der Waals surface area contributed by atoms with E-state index in [2.05, 4.69) is 26.2 Å². The number of para-hydroxylation sites is 1. The van der Waals surface area contributed by atoms with Gasteiger partial charge in [0, 0.05) is 44.0 Å². The molecule has 150 valence electrons. The summed E-state index contributed by atoms with van der Waals surface area (Å²) in [5.41, 5.74) is 1.68. The van der Waals surface area contributed by atoms with Gasteiger partial charge in [-0.2, -0.15) is 4.98 Å². The predicted molar refractivity (Wildman–Crippen MR) is 113 cm³/mol. The topological polar surface area (TPSA) is 44.3 Å². The van der Waals surface area contributed by atoms with Gasteiger partial charge in [-0.3, -0.25) is 0 Å². The van der Waals surface area contributed by atoms with Crippen LogP contribution in [-0.4, -0.2) is 42.2 Å². The molecule has 1 N–H and O–H groups in total. The highest BCUT2D eigenvalue weighted by Gasteiger charge is 2.21. The second-order valence-corrected chi connectivity index (χ2v) is 7.95. The number of aryl methyl sites for hydroxylation is 1. The maximum absolute atomic E-state index is 14.1. The van der Waals surface area contributed by atoms with Crippen LogP contribution in [0.2, 0.25) is 0 Å². The summed E-state index contributed by atoms with van der Waals surface area (Å²) in [6.07, 6.45) is 7.65. The third-order valence-corrected chi connectivity index (χ3v) is 5.83. The molecule has 2 fully saturated rings. The van der Waals surface area contributed by atoms with E-state index in [1.165, 1.54) is 44.6 Å². The van der Waals surface area contributed by atoms with Gasteiger partial charge >= 0.3 is 0 Å². The number of hydrogen-bond donors (Lipinski definition) is 1. The minimum absolute atomic E-state index is 0.149. The van der Waals surface area contributed by atoms with Crippen LogP contribution in [0.25, 0.3) is 0 Å². The number of nitrogens with zero attached hydrogens (tertiary/aromatic N) is 4. The first-order valence-corrected chi connectivity index (χ1v) is 10.6. The van der Waals surface area contributed by atoms with Crippen molar-refractivity contribution in [3.8, 4) is 0 Å². The molecule has 0 radical (unpaired) electrons. The van der Waals surface area contributed by atoms with E-state index in [0.29, 0.717) is 11.7 Å². The van der Waals surface area contributed by atoms with Gasteiger partial charge in [-0.1, -0.05) is 37.8 Å². The van der Waals surface area contributed by atoms with Crippen molar-refractivity contribution in [1.29, 1.82) is 0 Å². The second-order valence-electron chi connectivity index (χ2n) is 7.95. The first kappa shape index (κ1) is 19.0. The monoisotopic (exact) mass is 383 g/mol. The maximum Gasteiger partial charge on any atom is 0.225 e. The van der Waals surface area contributed by atoms with Crippen LogP contribution in [0, 0.1) is 12.7 Å². The highest BCUT2D eigenvalue weighted by Crippen LogP contribution is 2.24. The van der Waals surface area contributed by atoms with E-state index in [9.17, 15) is 4.39 Å². The largest absolute Gasteiger partial charge is 0.366 e. The summed E-state index contributed by atoms with van der Waals surface area (Å²) in [7, 11) is 0. The van der Waals surface area contributed by atoms with Crippen molar-refractivity contribution in [2.24, 2.45) is 0 Å². The molecule has 1 saturated carbocycles. The van der Waals surface area contributed by atoms with Crippen LogP contribution in [0.1, 0.15) is 44.2 Å². The molecule has 1 aromatic heterocycles. The second kappa shape index (κ2) is 8.76. The van der Waals surface area contributed by atoms with E-state index < -0.39 is 0 Å². The normalized spacial score (nSPS) is 18.8. The molecule has 6 heteroatoms. The van der Waals surface area contributed by atoms with Gasteiger partial charge in [-0.15, -0.1) is 0 Å². The van der Waals surface area contributed by atoms with Crippen LogP contribution in [0.15, 0.2) is 30.3 Å². The Morgan fingerprint density at radius 2 is 1.61 bits per heavy atom. The van der Waals surface area contributed by atoms with Crippen LogP contribution in [-0.2, 0) is 0 Å². The molecular weight excluding hydrogens is 353 g/mol. The Morgan fingerprint density at radius 3 is 2.32 bits per heavy atom. The minimum Gasteiger partial charge on any atom is -0.366 e. The quantitative estimate of drug-likeness (QED) is 0.794. The predicted octanol–water partition coefficient (Wildman–Crippen LogP) is 4.39. The molecule has 0 amide bonds. The number of piperazine rings is 1. The summed E-state index contributed by atoms with van der Waals surface area (Å²) in [5.74, 6) is 1.57. The molecule has 0 unspecified atom stereocenters. The Balaban J connectivity index is 1.42. The molecule has 1 saturated heterocycles. The van der Waals surface area contributed by atoms with E-state index in [1.54, 1.807) is 6.07 Å². The number of hydrogen-bond acceptors (Lipinski definition) is 5. The standard InChI is InChI=1S/C22H30FN5/c1-17-16-21(26-22(24-17)25-18-8-4-2-3-5-9-18)28-14-12-27(13-15-28)20-11-7-6-10-19(20)23/h6-7,10-11,16,18H,2-5,8-9,12-15H2,1H3,(H,24,25,26). The Hall–Kier alpha value is -2.37. The zero-order valence-electron chi connectivity index (χ0n) is 16.7. The van der Waals surface area contributed by atoms with E-state index >= 15 is 0 Å². The summed E-state index contributed by atoms with van der Waals surface area (Å²) in [6, 6.07) is 9.55. The van der Waals surface area contributed by atoms with Gasteiger partial charge in [0.2, 0.25) is 5.95 Å². The maximum atomic E-state index is 14.1. The van der Waals surface area contributed by atoms with Gasteiger partial charge in [-0.05, 0) is 31.9 Å². The van der Waals surface area contributed by atoms with Gasteiger partial charge in [0.1, 0.15) is 11.6 Å². The summed E-state index contributed by atoms with van der Waals surface area (Å²) in [6.45, 7) is 5.26. The lowest BCUT2D eigenvalue weighted by atomic mass is 10.1. The molecule has 28 heavy (non-hydrogen) atoms. The van der Waals surface area contributed by atoms with Gasteiger partial charge in [0.15, 0.2) is 0 Å². The van der Waals surface area contributed by atoms with Gasteiger partial charge < -0.3 is 15.1 Å². The van der Waals surface area contributed by atoms with Gasteiger partial charge in [-0.25, -0.2) is 9.37 Å². The Labute approximate surface area is 167 Å². The molecule has 1 aliphatic heterocycles. The van der Waals surface area contributed by atoms with Crippen LogP contribution in [0.3, 0.4) is 0 Å². The van der Waals surface area contributed by atoms with Crippen LogP contribution < -0.4 is 15.1 Å². The lowest BCUT2D eigenvalue weighted by Gasteiger charge is -2.37. The number of nitrogens with one attached hydrogen (secondary N) is 1. The van der Waals surface area contributed by atoms with E-state index in [1.807, 2.05) is 19.1 Å². The van der Waals surface area contributed by atoms with Crippen LogP contribution in [0.4, 0.5) is 21.8 Å².